The molecule has 1 aliphatic heterocycles. The number of hydrogen-bond acceptors (Lipinski definition) is 5. The second kappa shape index (κ2) is 8.21. The predicted molar refractivity (Wildman–Crippen MR) is 102 cm³/mol. The van der Waals surface area contributed by atoms with E-state index in [0.29, 0.717) is 37.8 Å². The fraction of sp³-hybridized carbons (Fsp3) is 0.316. The molecule has 0 N–H and O–H groups in total. The van der Waals surface area contributed by atoms with Gasteiger partial charge in [-0.15, -0.1) is 5.10 Å². The maximum absolute atomic E-state index is 12.8. The molecule has 1 aromatic heterocycles. The average Bonchev–Trinajstić information content (AvgIpc) is 3.16. The van der Waals surface area contributed by atoms with E-state index in [4.69, 9.17) is 4.74 Å². The van der Waals surface area contributed by atoms with Crippen molar-refractivity contribution in [2.75, 3.05) is 19.7 Å². The highest BCUT2D eigenvalue weighted by Crippen LogP contribution is 2.30. The number of benzene rings is 2. The summed E-state index contributed by atoms with van der Waals surface area (Å²) in [5, 5.41) is 11.7. The molecule has 2 heterocycles. The summed E-state index contributed by atoms with van der Waals surface area (Å²) in [5.41, 5.74) is 0.859. The molecule has 10 heteroatoms. The zero-order valence-electron chi connectivity index (χ0n) is 15.2. The maximum atomic E-state index is 12.8. The van der Waals surface area contributed by atoms with Gasteiger partial charge in [0.05, 0.1) is 30.5 Å². The molecule has 2 aromatic carbocycles. The third kappa shape index (κ3) is 4.65. The second-order valence-electron chi connectivity index (χ2n) is 6.70. The normalized spacial score (nSPS) is 18.1. The van der Waals surface area contributed by atoms with Gasteiger partial charge in [0.15, 0.2) is 5.82 Å². The van der Waals surface area contributed by atoms with Crippen LogP contribution in [0.15, 0.2) is 53.0 Å². The molecule has 0 amide bonds. The maximum Gasteiger partial charge on any atom is 0.416 e. The number of rotatable bonds is 4. The molecule has 4 rings (SSSR count). The number of hydrogen-bond donors (Lipinski definition) is 0. The first-order chi connectivity index (χ1) is 13.9. The Balaban J connectivity index is 1.48. The van der Waals surface area contributed by atoms with Crippen molar-refractivity contribution in [1.82, 2.24) is 25.1 Å². The van der Waals surface area contributed by atoms with Crippen LogP contribution >= 0.6 is 15.9 Å². The Morgan fingerprint density at radius 3 is 2.48 bits per heavy atom. The third-order valence-electron chi connectivity index (χ3n) is 4.73. The van der Waals surface area contributed by atoms with Crippen molar-refractivity contribution in [3.05, 3.63) is 70.0 Å². The molecule has 1 unspecified atom stereocenters. The van der Waals surface area contributed by atoms with Crippen LogP contribution in [0, 0.1) is 0 Å². The monoisotopic (exact) mass is 467 g/mol. The lowest BCUT2D eigenvalue weighted by Crippen LogP contribution is -2.38. The van der Waals surface area contributed by atoms with Gasteiger partial charge in [-0.25, -0.2) is 0 Å². The van der Waals surface area contributed by atoms with Crippen LogP contribution < -0.4 is 0 Å². The average molecular weight is 468 g/mol. The molecule has 1 saturated heterocycles. The van der Waals surface area contributed by atoms with Gasteiger partial charge in [0, 0.05) is 17.6 Å². The molecule has 0 spiro atoms. The molecule has 0 radical (unpaired) electrons. The van der Waals surface area contributed by atoms with Gasteiger partial charge in [0.1, 0.15) is 0 Å². The van der Waals surface area contributed by atoms with E-state index in [1.54, 1.807) is 0 Å². The van der Waals surface area contributed by atoms with Crippen LogP contribution in [0.1, 0.15) is 23.1 Å². The summed E-state index contributed by atoms with van der Waals surface area (Å²) in [5.74, 6) is 0.557. The highest BCUT2D eigenvalue weighted by atomic mass is 79.9. The molecule has 1 atom stereocenters. The Kier molecular flexibility index (Phi) is 5.66. The van der Waals surface area contributed by atoms with E-state index in [1.807, 2.05) is 24.3 Å². The molecular formula is C19H17BrF3N5O. The summed E-state index contributed by atoms with van der Waals surface area (Å²) in [7, 11) is 0. The molecule has 1 fully saturated rings. The summed E-state index contributed by atoms with van der Waals surface area (Å²) in [6.07, 6.45) is -4.44. The quantitative estimate of drug-likeness (QED) is 0.579. The number of halogens is 4. The molecule has 3 aromatic rings. The fourth-order valence-electron chi connectivity index (χ4n) is 3.22. The number of nitrogens with zero attached hydrogens (tertiary/aromatic N) is 5. The number of aromatic nitrogens is 4. The molecule has 0 aliphatic carbocycles. The van der Waals surface area contributed by atoms with Gasteiger partial charge in [-0.3, -0.25) is 4.90 Å². The van der Waals surface area contributed by atoms with Crippen LogP contribution in [0.3, 0.4) is 0 Å². The van der Waals surface area contributed by atoms with Gasteiger partial charge >= 0.3 is 6.18 Å². The third-order valence-corrected chi connectivity index (χ3v) is 5.26. The number of morpholine rings is 1. The van der Waals surface area contributed by atoms with Crippen molar-refractivity contribution >= 4 is 15.9 Å². The zero-order valence-corrected chi connectivity index (χ0v) is 16.8. The topological polar surface area (TPSA) is 56.1 Å². The summed E-state index contributed by atoms with van der Waals surface area (Å²) in [6.45, 7) is 2.42. The van der Waals surface area contributed by atoms with Crippen molar-refractivity contribution < 1.29 is 17.9 Å². The standard InChI is InChI=1S/C19H17BrF3N5O/c20-15-5-1-13(2-6-15)17-11-27(9-10-29-17)12-18-24-25-26-28(18)16-7-3-14(4-8-16)19(21,22)23/h1-8,17H,9-12H2. The highest BCUT2D eigenvalue weighted by molar-refractivity contribution is 9.10. The molecule has 0 bridgehead atoms. The first-order valence-electron chi connectivity index (χ1n) is 8.94. The van der Waals surface area contributed by atoms with Crippen LogP contribution in [0.25, 0.3) is 5.69 Å². The van der Waals surface area contributed by atoms with Gasteiger partial charge < -0.3 is 4.74 Å². The van der Waals surface area contributed by atoms with Crippen molar-refractivity contribution in [2.45, 2.75) is 18.8 Å². The Labute approximate surface area is 173 Å². The summed E-state index contributed by atoms with van der Waals surface area (Å²) in [4.78, 5) is 2.17. The van der Waals surface area contributed by atoms with E-state index in [2.05, 4.69) is 36.4 Å². The van der Waals surface area contributed by atoms with Crippen LogP contribution in [0.5, 0.6) is 0 Å². The van der Waals surface area contributed by atoms with Crippen molar-refractivity contribution in [3.63, 3.8) is 0 Å². The zero-order chi connectivity index (χ0) is 20.4. The molecule has 29 heavy (non-hydrogen) atoms. The predicted octanol–water partition coefficient (Wildman–Crippen LogP) is 4.02. The van der Waals surface area contributed by atoms with Crippen LogP contribution in [-0.2, 0) is 17.5 Å². The Morgan fingerprint density at radius 2 is 1.79 bits per heavy atom. The molecule has 0 saturated carbocycles. The van der Waals surface area contributed by atoms with Crippen LogP contribution in [0.4, 0.5) is 13.2 Å². The first-order valence-corrected chi connectivity index (χ1v) is 9.74. The number of ether oxygens (including phenoxy) is 1. The smallest absolute Gasteiger partial charge is 0.371 e. The van der Waals surface area contributed by atoms with Gasteiger partial charge in [0.2, 0.25) is 0 Å². The minimum absolute atomic E-state index is 0.0627. The van der Waals surface area contributed by atoms with Crippen LogP contribution in [-0.4, -0.2) is 44.8 Å². The Morgan fingerprint density at radius 1 is 1.07 bits per heavy atom. The number of alkyl halides is 3. The fourth-order valence-corrected chi connectivity index (χ4v) is 3.49. The highest BCUT2D eigenvalue weighted by Gasteiger charge is 2.30. The Hall–Kier alpha value is -2.30. The summed E-state index contributed by atoms with van der Waals surface area (Å²) >= 11 is 3.43. The molecular weight excluding hydrogens is 451 g/mol. The van der Waals surface area contributed by atoms with E-state index < -0.39 is 11.7 Å². The first kappa shape index (κ1) is 20.0. The van der Waals surface area contributed by atoms with Crippen LogP contribution in [0.2, 0.25) is 0 Å². The van der Waals surface area contributed by atoms with Gasteiger partial charge in [-0.2, -0.15) is 17.9 Å². The van der Waals surface area contributed by atoms with E-state index >= 15 is 0 Å². The van der Waals surface area contributed by atoms with Gasteiger partial charge in [0.25, 0.3) is 0 Å². The number of tetrazole rings is 1. The van der Waals surface area contributed by atoms with Crippen molar-refractivity contribution in [3.8, 4) is 5.69 Å². The largest absolute Gasteiger partial charge is 0.416 e. The lowest BCUT2D eigenvalue weighted by molar-refractivity contribution is -0.137. The van der Waals surface area contributed by atoms with Gasteiger partial charge in [-0.05, 0) is 52.4 Å². The summed E-state index contributed by atoms with van der Waals surface area (Å²) in [6, 6.07) is 12.8. The van der Waals surface area contributed by atoms with Crippen molar-refractivity contribution in [1.29, 1.82) is 0 Å². The minimum Gasteiger partial charge on any atom is -0.371 e. The van der Waals surface area contributed by atoms with Gasteiger partial charge in [-0.1, -0.05) is 28.1 Å². The van der Waals surface area contributed by atoms with E-state index in [9.17, 15) is 13.2 Å². The SMILES string of the molecule is FC(F)(F)c1ccc(-n2nnnc2CN2CCOC(c3ccc(Br)cc3)C2)cc1. The molecule has 152 valence electrons. The minimum atomic E-state index is -4.38. The molecule has 1 aliphatic rings. The second-order valence-corrected chi connectivity index (χ2v) is 7.61. The lowest BCUT2D eigenvalue weighted by atomic mass is 10.1. The lowest BCUT2D eigenvalue weighted by Gasteiger charge is -2.32. The molecule has 6 nitrogen and oxygen atoms in total. The van der Waals surface area contributed by atoms with Crippen molar-refractivity contribution in [2.24, 2.45) is 0 Å². The summed E-state index contributed by atoms with van der Waals surface area (Å²) < 4.78 is 46.7. The Bertz CT molecular complexity index is 959. The van der Waals surface area contributed by atoms with E-state index in [1.165, 1.54) is 16.8 Å². The van der Waals surface area contributed by atoms with E-state index in [-0.39, 0.29) is 6.10 Å². The van der Waals surface area contributed by atoms with E-state index in [0.717, 1.165) is 22.2 Å².